The second-order valence-electron chi connectivity index (χ2n) is 2.95. The number of rotatable bonds is 2. The van der Waals surface area contributed by atoms with Gasteiger partial charge in [-0.3, -0.25) is 0 Å². The van der Waals surface area contributed by atoms with Gasteiger partial charge in [-0.2, -0.15) is 13.2 Å². The predicted molar refractivity (Wildman–Crippen MR) is 45.5 cm³/mol. The Morgan fingerprint density at radius 3 is 2.41 bits per heavy atom. The van der Waals surface area contributed by atoms with Crippen molar-refractivity contribution in [1.29, 1.82) is 0 Å². The van der Waals surface area contributed by atoms with Crippen LogP contribution >= 0.6 is 0 Å². The van der Waals surface area contributed by atoms with Crippen molar-refractivity contribution >= 4 is 5.97 Å². The highest BCUT2D eigenvalue weighted by Crippen LogP contribution is 2.36. The molecule has 0 fully saturated rings. The topological polar surface area (TPSA) is 39.2 Å². The third kappa shape index (κ3) is 2.89. The maximum absolute atomic E-state index is 12.4. The molecule has 0 spiro atoms. The number of hydrogen-bond acceptors (Lipinski definition) is 3. The molecular formula is C9H6F5NO2. The summed E-state index contributed by atoms with van der Waals surface area (Å²) in [7, 11) is 0.962. The fraction of sp³-hybridized carbons (Fsp3) is 0.333. The Bertz CT molecular complexity index is 430. The Hall–Kier alpha value is -1.73. The second-order valence-corrected chi connectivity index (χ2v) is 2.95. The molecule has 0 aliphatic heterocycles. The highest BCUT2D eigenvalue weighted by atomic mass is 19.4. The van der Waals surface area contributed by atoms with E-state index in [9.17, 15) is 26.7 Å². The second kappa shape index (κ2) is 4.64. The molecule has 0 aromatic carbocycles. The maximum atomic E-state index is 12.4. The van der Waals surface area contributed by atoms with Crippen LogP contribution in [0.3, 0.4) is 0 Å². The van der Waals surface area contributed by atoms with Gasteiger partial charge in [-0.15, -0.1) is 0 Å². The molecule has 0 amide bonds. The fourth-order valence-electron chi connectivity index (χ4n) is 1.10. The minimum atomic E-state index is -4.95. The number of aromatic nitrogens is 1. The molecule has 94 valence electrons. The number of esters is 1. The first kappa shape index (κ1) is 13.3. The molecule has 0 N–H and O–H groups in total. The van der Waals surface area contributed by atoms with Crippen molar-refractivity contribution in [2.75, 3.05) is 7.11 Å². The van der Waals surface area contributed by atoms with Crippen molar-refractivity contribution in [2.45, 2.75) is 12.6 Å². The highest BCUT2D eigenvalue weighted by Gasteiger charge is 2.36. The van der Waals surface area contributed by atoms with Crippen molar-refractivity contribution in [2.24, 2.45) is 0 Å². The van der Waals surface area contributed by atoms with Crippen LogP contribution in [0, 0.1) is 0 Å². The van der Waals surface area contributed by atoms with E-state index in [4.69, 9.17) is 0 Å². The lowest BCUT2D eigenvalue weighted by Crippen LogP contribution is -2.13. The minimum Gasteiger partial charge on any atom is -0.464 e. The van der Waals surface area contributed by atoms with E-state index in [-0.39, 0.29) is 6.20 Å². The number of alkyl halides is 5. The summed E-state index contributed by atoms with van der Waals surface area (Å²) in [5, 5.41) is 0. The Kier molecular flexibility index (Phi) is 3.64. The molecular weight excluding hydrogens is 249 g/mol. The average Bonchev–Trinajstić information content (AvgIpc) is 2.25. The van der Waals surface area contributed by atoms with Crippen LogP contribution in [0.15, 0.2) is 12.3 Å². The van der Waals surface area contributed by atoms with E-state index < -0.39 is 35.4 Å². The summed E-state index contributed by atoms with van der Waals surface area (Å²) in [6, 6.07) is 0.374. The molecule has 0 unspecified atom stereocenters. The zero-order chi connectivity index (χ0) is 13.2. The van der Waals surface area contributed by atoms with Crippen molar-refractivity contribution in [1.82, 2.24) is 4.98 Å². The van der Waals surface area contributed by atoms with Crippen LogP contribution in [0.5, 0.6) is 0 Å². The van der Waals surface area contributed by atoms with Gasteiger partial charge >= 0.3 is 12.1 Å². The molecule has 8 heteroatoms. The van der Waals surface area contributed by atoms with E-state index in [1.165, 1.54) is 0 Å². The van der Waals surface area contributed by atoms with Crippen LogP contribution in [0.25, 0.3) is 0 Å². The van der Waals surface area contributed by atoms with Crippen molar-refractivity contribution in [3.05, 3.63) is 29.1 Å². The molecule has 3 nitrogen and oxygen atoms in total. The van der Waals surface area contributed by atoms with Gasteiger partial charge in [0.1, 0.15) is 5.69 Å². The van der Waals surface area contributed by atoms with E-state index in [0.717, 1.165) is 7.11 Å². The maximum Gasteiger partial charge on any atom is 0.418 e. The van der Waals surface area contributed by atoms with Crippen molar-refractivity contribution < 1.29 is 31.5 Å². The van der Waals surface area contributed by atoms with Crippen LogP contribution in [0.2, 0.25) is 0 Å². The lowest BCUT2D eigenvalue weighted by molar-refractivity contribution is -0.139. The van der Waals surface area contributed by atoms with Gasteiger partial charge in [0.15, 0.2) is 0 Å². The van der Waals surface area contributed by atoms with Crippen LogP contribution in [0.4, 0.5) is 22.0 Å². The van der Waals surface area contributed by atoms with Crippen LogP contribution in [-0.2, 0) is 10.9 Å². The van der Waals surface area contributed by atoms with E-state index in [2.05, 4.69) is 9.72 Å². The van der Waals surface area contributed by atoms with E-state index in [1.807, 2.05) is 0 Å². The number of carbonyl (C=O) groups excluding carboxylic acids is 1. The number of ether oxygens (including phenoxy) is 1. The SMILES string of the molecule is COC(=O)c1cc(C(F)F)c(C(F)(F)F)cn1. The lowest BCUT2D eigenvalue weighted by Gasteiger charge is -2.12. The molecule has 0 radical (unpaired) electrons. The monoisotopic (exact) mass is 255 g/mol. The molecule has 0 aliphatic rings. The molecule has 17 heavy (non-hydrogen) atoms. The summed E-state index contributed by atoms with van der Waals surface area (Å²) < 4.78 is 66.0. The number of methoxy groups -OCH3 is 1. The normalized spacial score (nSPS) is 11.7. The molecule has 0 bridgehead atoms. The quantitative estimate of drug-likeness (QED) is 0.602. The van der Waals surface area contributed by atoms with Gasteiger partial charge in [0.2, 0.25) is 0 Å². The van der Waals surface area contributed by atoms with Crippen molar-refractivity contribution in [3.63, 3.8) is 0 Å². The predicted octanol–water partition coefficient (Wildman–Crippen LogP) is 2.82. The Labute approximate surface area is 92.2 Å². The van der Waals surface area contributed by atoms with Gasteiger partial charge in [0.05, 0.1) is 12.7 Å². The van der Waals surface area contributed by atoms with Gasteiger partial charge < -0.3 is 4.74 Å². The molecule has 0 saturated carbocycles. The zero-order valence-electron chi connectivity index (χ0n) is 8.39. The number of carbonyl (C=O) groups is 1. The van der Waals surface area contributed by atoms with Gasteiger partial charge in [-0.25, -0.2) is 18.6 Å². The summed E-state index contributed by atoms with van der Waals surface area (Å²) in [5.41, 5.74) is -3.47. The number of hydrogen-bond donors (Lipinski definition) is 0. The van der Waals surface area contributed by atoms with Gasteiger partial charge in [0, 0.05) is 11.8 Å². The Balaban J connectivity index is 3.32. The zero-order valence-corrected chi connectivity index (χ0v) is 8.39. The molecule has 1 aromatic heterocycles. The molecule has 0 saturated heterocycles. The summed E-state index contributed by atoms with van der Waals surface area (Å²) in [4.78, 5) is 14.1. The van der Waals surface area contributed by atoms with Gasteiger partial charge in [-0.1, -0.05) is 0 Å². The smallest absolute Gasteiger partial charge is 0.418 e. The molecule has 0 atom stereocenters. The standard InChI is InChI=1S/C9H6F5NO2/c1-17-8(16)6-2-4(7(10)11)5(3-15-6)9(12,13)14/h2-3,7H,1H3. The molecule has 0 aliphatic carbocycles. The highest BCUT2D eigenvalue weighted by molar-refractivity contribution is 5.87. The van der Waals surface area contributed by atoms with Gasteiger partial charge in [0.25, 0.3) is 6.43 Å². The van der Waals surface area contributed by atoms with E-state index in [1.54, 1.807) is 0 Å². The van der Waals surface area contributed by atoms with Crippen LogP contribution in [-0.4, -0.2) is 18.1 Å². The first-order valence-corrected chi connectivity index (χ1v) is 4.21. The number of pyridine rings is 1. The Morgan fingerprint density at radius 2 is 2.00 bits per heavy atom. The molecule has 1 rings (SSSR count). The number of halogens is 5. The summed E-state index contributed by atoms with van der Waals surface area (Å²) in [6.45, 7) is 0. The molecule has 1 aromatic rings. The summed E-state index contributed by atoms with van der Waals surface area (Å²) in [6.07, 6.45) is -8.13. The fourth-order valence-corrected chi connectivity index (χ4v) is 1.10. The van der Waals surface area contributed by atoms with Gasteiger partial charge in [-0.05, 0) is 6.07 Å². The minimum absolute atomic E-state index is 0.188. The van der Waals surface area contributed by atoms with Crippen LogP contribution in [0.1, 0.15) is 28.0 Å². The van der Waals surface area contributed by atoms with E-state index in [0.29, 0.717) is 6.07 Å². The number of nitrogens with zero attached hydrogens (tertiary/aromatic N) is 1. The van der Waals surface area contributed by atoms with Crippen LogP contribution < -0.4 is 0 Å². The third-order valence-corrected chi connectivity index (χ3v) is 1.87. The largest absolute Gasteiger partial charge is 0.464 e. The first-order valence-electron chi connectivity index (χ1n) is 4.21. The summed E-state index contributed by atoms with van der Waals surface area (Å²) >= 11 is 0. The molecule has 1 heterocycles. The summed E-state index contributed by atoms with van der Waals surface area (Å²) in [5.74, 6) is -1.08. The van der Waals surface area contributed by atoms with Crippen molar-refractivity contribution in [3.8, 4) is 0 Å². The average molecular weight is 255 g/mol. The third-order valence-electron chi connectivity index (χ3n) is 1.87. The first-order chi connectivity index (χ1) is 7.77. The lowest BCUT2D eigenvalue weighted by atomic mass is 10.1. The Morgan fingerprint density at radius 1 is 1.41 bits per heavy atom. The van der Waals surface area contributed by atoms with E-state index >= 15 is 0 Å².